The standard InChI is InChI=1S/C17H24N2O6S/c1-12-5-6-14(26(23,24)18-7-9-25-2)10-15(12)16(20)19-8-3-4-13(11-19)17(21)22/h5-6,10,13,18H,3-4,7-9,11H2,1-2H3,(H,21,22). The Kier molecular flexibility index (Phi) is 6.74. The van der Waals surface area contributed by atoms with Crippen LogP contribution in [0.15, 0.2) is 23.1 Å². The third-order valence-corrected chi connectivity index (χ3v) is 5.86. The number of ether oxygens (including phenoxy) is 1. The Bertz CT molecular complexity index is 777. The first kappa shape index (κ1) is 20.3. The Morgan fingerprint density at radius 1 is 1.38 bits per heavy atom. The van der Waals surface area contributed by atoms with Crippen LogP contribution in [-0.2, 0) is 19.6 Å². The lowest BCUT2D eigenvalue weighted by Crippen LogP contribution is -2.42. The van der Waals surface area contributed by atoms with Gasteiger partial charge in [0.15, 0.2) is 0 Å². The van der Waals surface area contributed by atoms with Crippen molar-refractivity contribution in [3.63, 3.8) is 0 Å². The van der Waals surface area contributed by atoms with Crippen molar-refractivity contribution in [3.8, 4) is 0 Å². The molecule has 1 unspecified atom stereocenters. The molecule has 1 aliphatic rings. The van der Waals surface area contributed by atoms with Gasteiger partial charge in [-0.3, -0.25) is 9.59 Å². The quantitative estimate of drug-likeness (QED) is 0.674. The van der Waals surface area contributed by atoms with Crippen LogP contribution < -0.4 is 4.72 Å². The molecule has 8 nitrogen and oxygen atoms in total. The van der Waals surface area contributed by atoms with Crippen LogP contribution in [0.4, 0.5) is 0 Å². The number of methoxy groups -OCH3 is 1. The highest BCUT2D eigenvalue weighted by molar-refractivity contribution is 7.89. The van der Waals surface area contributed by atoms with E-state index in [-0.39, 0.29) is 36.1 Å². The Labute approximate surface area is 153 Å². The van der Waals surface area contributed by atoms with E-state index in [0.29, 0.717) is 24.9 Å². The smallest absolute Gasteiger partial charge is 0.308 e. The van der Waals surface area contributed by atoms with Gasteiger partial charge >= 0.3 is 5.97 Å². The molecule has 2 rings (SSSR count). The van der Waals surface area contributed by atoms with Gasteiger partial charge in [0.05, 0.1) is 17.4 Å². The molecule has 1 aromatic carbocycles. The second-order valence-corrected chi connectivity index (χ2v) is 8.06. The summed E-state index contributed by atoms with van der Waals surface area (Å²) in [6.07, 6.45) is 1.15. The van der Waals surface area contributed by atoms with Crippen molar-refractivity contribution in [3.05, 3.63) is 29.3 Å². The lowest BCUT2D eigenvalue weighted by molar-refractivity contribution is -0.143. The predicted octanol–water partition coefficient (Wildman–Crippen LogP) is 0.857. The highest BCUT2D eigenvalue weighted by atomic mass is 32.2. The molecule has 0 aromatic heterocycles. The lowest BCUT2D eigenvalue weighted by atomic mass is 9.97. The Morgan fingerprint density at radius 3 is 2.77 bits per heavy atom. The summed E-state index contributed by atoms with van der Waals surface area (Å²) in [5, 5.41) is 9.18. The van der Waals surface area contributed by atoms with E-state index in [1.54, 1.807) is 13.0 Å². The number of aliphatic carboxylic acids is 1. The second kappa shape index (κ2) is 8.61. The van der Waals surface area contributed by atoms with Gasteiger partial charge in [0.2, 0.25) is 10.0 Å². The monoisotopic (exact) mass is 384 g/mol. The van der Waals surface area contributed by atoms with Crippen LogP contribution in [0.1, 0.15) is 28.8 Å². The van der Waals surface area contributed by atoms with Gasteiger partial charge in [-0.25, -0.2) is 13.1 Å². The zero-order valence-electron chi connectivity index (χ0n) is 14.9. The van der Waals surface area contributed by atoms with E-state index in [4.69, 9.17) is 4.74 Å². The van der Waals surface area contributed by atoms with Crippen LogP contribution >= 0.6 is 0 Å². The molecule has 1 fully saturated rings. The highest BCUT2D eigenvalue weighted by Crippen LogP contribution is 2.22. The number of piperidine rings is 1. The number of likely N-dealkylation sites (tertiary alicyclic amines) is 1. The molecule has 26 heavy (non-hydrogen) atoms. The molecule has 1 aliphatic heterocycles. The number of carbonyl (C=O) groups is 2. The van der Waals surface area contributed by atoms with E-state index in [1.807, 2.05) is 0 Å². The van der Waals surface area contributed by atoms with E-state index in [9.17, 15) is 23.1 Å². The molecular formula is C17H24N2O6S. The second-order valence-electron chi connectivity index (χ2n) is 6.30. The topological polar surface area (TPSA) is 113 Å². The summed E-state index contributed by atoms with van der Waals surface area (Å²) in [4.78, 5) is 25.5. The van der Waals surface area contributed by atoms with Crippen molar-refractivity contribution in [1.82, 2.24) is 9.62 Å². The van der Waals surface area contributed by atoms with Crippen molar-refractivity contribution in [1.29, 1.82) is 0 Å². The molecule has 1 aromatic rings. The largest absolute Gasteiger partial charge is 0.481 e. The van der Waals surface area contributed by atoms with Crippen molar-refractivity contribution >= 4 is 21.9 Å². The fourth-order valence-corrected chi connectivity index (χ4v) is 3.93. The molecule has 0 aliphatic carbocycles. The zero-order chi connectivity index (χ0) is 19.3. The number of amides is 1. The first-order valence-electron chi connectivity index (χ1n) is 8.37. The maximum Gasteiger partial charge on any atom is 0.308 e. The Hall–Kier alpha value is -1.97. The Balaban J connectivity index is 2.23. The summed E-state index contributed by atoms with van der Waals surface area (Å²) >= 11 is 0. The fourth-order valence-electron chi connectivity index (χ4n) is 2.89. The minimum Gasteiger partial charge on any atom is -0.481 e. The maximum absolute atomic E-state index is 12.8. The van der Waals surface area contributed by atoms with Crippen molar-refractivity contribution in [2.24, 2.45) is 5.92 Å². The molecule has 0 saturated carbocycles. The molecule has 0 radical (unpaired) electrons. The van der Waals surface area contributed by atoms with Gasteiger partial charge in [-0.2, -0.15) is 0 Å². The average Bonchev–Trinajstić information content (AvgIpc) is 2.61. The van der Waals surface area contributed by atoms with E-state index in [2.05, 4.69) is 4.72 Å². The number of carboxylic acids is 1. The van der Waals surface area contributed by atoms with Crippen LogP contribution in [0.25, 0.3) is 0 Å². The molecule has 1 amide bonds. The van der Waals surface area contributed by atoms with Crippen molar-refractivity contribution < 1.29 is 27.9 Å². The van der Waals surface area contributed by atoms with E-state index in [1.165, 1.54) is 24.1 Å². The zero-order valence-corrected chi connectivity index (χ0v) is 15.7. The van der Waals surface area contributed by atoms with Gasteiger partial charge in [0.25, 0.3) is 5.91 Å². The summed E-state index contributed by atoms with van der Waals surface area (Å²) in [6, 6.07) is 4.37. The van der Waals surface area contributed by atoms with Gasteiger partial charge in [0, 0.05) is 32.3 Å². The molecule has 1 atom stereocenters. The number of hydrogen-bond acceptors (Lipinski definition) is 5. The molecule has 0 bridgehead atoms. The predicted molar refractivity (Wildman–Crippen MR) is 94.5 cm³/mol. The van der Waals surface area contributed by atoms with E-state index < -0.39 is 21.9 Å². The summed E-state index contributed by atoms with van der Waals surface area (Å²) in [7, 11) is -2.28. The number of sulfonamides is 1. The minimum atomic E-state index is -3.76. The first-order chi connectivity index (χ1) is 12.3. The van der Waals surface area contributed by atoms with Crippen LogP contribution in [0, 0.1) is 12.8 Å². The Morgan fingerprint density at radius 2 is 2.12 bits per heavy atom. The van der Waals surface area contributed by atoms with E-state index >= 15 is 0 Å². The van der Waals surface area contributed by atoms with Gasteiger partial charge < -0.3 is 14.7 Å². The summed E-state index contributed by atoms with van der Waals surface area (Å²) < 4.78 is 31.9. The number of carboxylic acid groups (broad SMARTS) is 1. The molecule has 9 heteroatoms. The van der Waals surface area contributed by atoms with Crippen LogP contribution in [0.3, 0.4) is 0 Å². The number of aryl methyl sites for hydroxylation is 1. The lowest BCUT2D eigenvalue weighted by Gasteiger charge is -2.31. The fraction of sp³-hybridized carbons (Fsp3) is 0.529. The molecule has 1 heterocycles. The van der Waals surface area contributed by atoms with Gasteiger partial charge in [0.1, 0.15) is 0 Å². The number of rotatable bonds is 7. The van der Waals surface area contributed by atoms with Crippen molar-refractivity contribution in [2.45, 2.75) is 24.7 Å². The molecular weight excluding hydrogens is 360 g/mol. The molecule has 144 valence electrons. The van der Waals surface area contributed by atoms with Crippen molar-refractivity contribution in [2.75, 3.05) is 33.4 Å². The van der Waals surface area contributed by atoms with Gasteiger partial charge in [-0.15, -0.1) is 0 Å². The van der Waals surface area contributed by atoms with E-state index in [0.717, 1.165) is 0 Å². The minimum absolute atomic E-state index is 0.00523. The van der Waals surface area contributed by atoms with Crippen LogP contribution in [0.2, 0.25) is 0 Å². The van der Waals surface area contributed by atoms with Crippen LogP contribution in [-0.4, -0.2) is 63.7 Å². The number of carbonyl (C=O) groups excluding carboxylic acids is 1. The number of nitrogens with zero attached hydrogens (tertiary/aromatic N) is 1. The molecule has 0 spiro atoms. The summed E-state index contributed by atoms with van der Waals surface area (Å²) in [6.45, 7) is 2.69. The van der Waals surface area contributed by atoms with Gasteiger partial charge in [-0.1, -0.05) is 6.07 Å². The third-order valence-electron chi connectivity index (χ3n) is 4.41. The number of hydrogen-bond donors (Lipinski definition) is 2. The van der Waals surface area contributed by atoms with Crippen LogP contribution in [0.5, 0.6) is 0 Å². The maximum atomic E-state index is 12.8. The summed E-state index contributed by atoms with van der Waals surface area (Å²) in [5.74, 6) is -1.85. The van der Waals surface area contributed by atoms with Gasteiger partial charge in [-0.05, 0) is 37.5 Å². The first-order valence-corrected chi connectivity index (χ1v) is 9.86. The summed E-state index contributed by atoms with van der Waals surface area (Å²) in [5.41, 5.74) is 0.911. The molecule has 2 N–H and O–H groups in total. The highest BCUT2D eigenvalue weighted by Gasteiger charge is 2.29. The number of benzene rings is 1. The average molecular weight is 384 g/mol. The number of nitrogens with one attached hydrogen (secondary N) is 1. The third kappa shape index (κ3) is 4.80. The molecule has 1 saturated heterocycles. The SMILES string of the molecule is COCCNS(=O)(=O)c1ccc(C)c(C(=O)N2CCCC(C(=O)O)C2)c1. The normalized spacial score (nSPS) is 17.9.